The van der Waals surface area contributed by atoms with Gasteiger partial charge in [0.25, 0.3) is 5.91 Å². The molecule has 0 aliphatic rings. The number of carbonyl (C=O) groups excluding carboxylic acids is 1. The van der Waals surface area contributed by atoms with E-state index in [4.69, 9.17) is 14.2 Å². The van der Waals surface area contributed by atoms with Crippen LogP contribution in [0.5, 0.6) is 17.2 Å². The second-order valence-corrected chi connectivity index (χ2v) is 7.84. The van der Waals surface area contributed by atoms with E-state index in [0.717, 1.165) is 11.1 Å². The Morgan fingerprint density at radius 3 is 2.46 bits per heavy atom. The molecule has 0 saturated carbocycles. The Bertz CT molecular complexity index is 1380. The van der Waals surface area contributed by atoms with E-state index in [9.17, 15) is 15.3 Å². The van der Waals surface area contributed by atoms with Crippen molar-refractivity contribution >= 4 is 17.7 Å². The lowest BCUT2D eigenvalue weighted by Crippen LogP contribution is -2.13. The molecule has 0 unspecified atom stereocenters. The molecule has 7 nitrogen and oxygen atoms in total. The normalized spacial score (nSPS) is 10.5. The number of nitrogens with one attached hydrogen (secondary N) is 1. The number of nitriles is 2. The third kappa shape index (κ3) is 7.00. The Hall–Kier alpha value is -5.01. The molecule has 0 aliphatic carbocycles. The van der Waals surface area contributed by atoms with Gasteiger partial charge in [0.1, 0.15) is 24.0 Å². The Labute approximate surface area is 216 Å². The summed E-state index contributed by atoms with van der Waals surface area (Å²) in [5, 5.41) is 21.8. The number of carbonyl (C=O) groups is 1. The second kappa shape index (κ2) is 13.2. The van der Waals surface area contributed by atoms with Crippen LogP contribution in [-0.4, -0.2) is 19.6 Å². The highest BCUT2D eigenvalue weighted by molar-refractivity contribution is 6.09. The number of anilines is 1. The summed E-state index contributed by atoms with van der Waals surface area (Å²) < 4.78 is 17.1. The monoisotopic (exact) mass is 493 g/mol. The lowest BCUT2D eigenvalue weighted by atomic mass is 10.0. The maximum atomic E-state index is 12.8. The van der Waals surface area contributed by atoms with Crippen LogP contribution in [0.2, 0.25) is 0 Å². The quantitative estimate of drug-likeness (QED) is 0.205. The molecule has 0 atom stereocenters. The van der Waals surface area contributed by atoms with Gasteiger partial charge >= 0.3 is 0 Å². The predicted molar refractivity (Wildman–Crippen MR) is 142 cm³/mol. The van der Waals surface area contributed by atoms with Gasteiger partial charge in [-0.15, -0.1) is 6.58 Å². The number of methoxy groups -OCH3 is 1. The number of allylic oxidation sites excluding steroid dienone is 1. The van der Waals surface area contributed by atoms with Crippen LogP contribution in [-0.2, 0) is 17.8 Å². The number of hydrogen-bond acceptors (Lipinski definition) is 6. The molecule has 1 amide bonds. The molecule has 7 heteroatoms. The summed E-state index contributed by atoms with van der Waals surface area (Å²) >= 11 is 0. The van der Waals surface area contributed by atoms with Crippen LogP contribution in [0.4, 0.5) is 5.69 Å². The van der Waals surface area contributed by atoms with E-state index in [1.165, 1.54) is 6.08 Å². The van der Waals surface area contributed by atoms with E-state index in [2.05, 4.69) is 18.0 Å². The Morgan fingerprint density at radius 1 is 1.05 bits per heavy atom. The molecule has 3 aromatic carbocycles. The largest absolute Gasteiger partial charge is 0.497 e. The van der Waals surface area contributed by atoms with Crippen LogP contribution in [0, 0.1) is 22.7 Å². The highest BCUT2D eigenvalue weighted by atomic mass is 16.5. The van der Waals surface area contributed by atoms with E-state index in [1.54, 1.807) is 55.7 Å². The van der Waals surface area contributed by atoms with Crippen LogP contribution in [0.15, 0.2) is 78.9 Å². The summed E-state index contributed by atoms with van der Waals surface area (Å²) in [6, 6.07) is 21.7. The molecule has 37 heavy (non-hydrogen) atoms. The van der Waals surface area contributed by atoms with Crippen molar-refractivity contribution in [3.8, 4) is 29.4 Å². The topological polar surface area (TPSA) is 104 Å². The predicted octanol–water partition coefficient (Wildman–Crippen LogP) is 5.82. The molecule has 0 fully saturated rings. The van der Waals surface area contributed by atoms with E-state index in [0.29, 0.717) is 47.1 Å². The standard InChI is InChI=1S/C30H27N3O4/c1-4-8-22-15-21(16-25(19-32)30(34)33-26-11-13-27(35-3)14-12-26)17-28(36-5-2)29(22)37-20-24-10-7-6-9-23(24)18-31/h4,6-7,9-17H,1,5,8,20H2,2-3H3,(H,33,34)/b25-16+. The first kappa shape index (κ1) is 26.6. The van der Waals surface area contributed by atoms with Crippen molar-refractivity contribution in [1.82, 2.24) is 0 Å². The lowest BCUT2D eigenvalue weighted by Gasteiger charge is -2.17. The van der Waals surface area contributed by atoms with Crippen molar-refractivity contribution in [2.45, 2.75) is 20.0 Å². The number of amides is 1. The average Bonchev–Trinajstić information content (AvgIpc) is 2.92. The molecule has 0 spiro atoms. The van der Waals surface area contributed by atoms with Gasteiger partial charge in [0.2, 0.25) is 0 Å². The van der Waals surface area contributed by atoms with Crippen molar-refractivity contribution in [2.75, 3.05) is 19.0 Å². The smallest absolute Gasteiger partial charge is 0.266 e. The highest BCUT2D eigenvalue weighted by Gasteiger charge is 2.16. The number of hydrogen-bond donors (Lipinski definition) is 1. The maximum absolute atomic E-state index is 12.8. The van der Waals surface area contributed by atoms with Gasteiger partial charge in [-0.2, -0.15) is 10.5 Å². The van der Waals surface area contributed by atoms with Crippen LogP contribution >= 0.6 is 0 Å². The van der Waals surface area contributed by atoms with E-state index >= 15 is 0 Å². The van der Waals surface area contributed by atoms with E-state index < -0.39 is 5.91 Å². The summed E-state index contributed by atoms with van der Waals surface area (Å²) in [6.07, 6.45) is 3.70. The second-order valence-electron chi connectivity index (χ2n) is 7.84. The van der Waals surface area contributed by atoms with Gasteiger partial charge in [0.05, 0.1) is 25.3 Å². The number of nitrogens with zero attached hydrogens (tertiary/aromatic N) is 2. The average molecular weight is 494 g/mol. The molecular formula is C30H27N3O4. The van der Waals surface area contributed by atoms with Gasteiger partial charge in [-0.25, -0.2) is 0 Å². The number of ether oxygens (including phenoxy) is 3. The maximum Gasteiger partial charge on any atom is 0.266 e. The van der Waals surface area contributed by atoms with E-state index in [1.807, 2.05) is 31.2 Å². The van der Waals surface area contributed by atoms with Crippen molar-refractivity contribution in [3.05, 3.63) is 101 Å². The SMILES string of the molecule is C=CCc1cc(/C=C(\C#N)C(=O)Nc2ccc(OC)cc2)cc(OCC)c1OCc1ccccc1C#N. The van der Waals surface area contributed by atoms with Gasteiger partial charge in [0.15, 0.2) is 11.5 Å². The minimum atomic E-state index is -0.538. The fourth-order valence-corrected chi connectivity index (χ4v) is 3.59. The molecule has 0 aromatic heterocycles. The molecule has 0 heterocycles. The molecule has 1 N–H and O–H groups in total. The van der Waals surface area contributed by atoms with Crippen molar-refractivity contribution < 1.29 is 19.0 Å². The van der Waals surface area contributed by atoms with Crippen molar-refractivity contribution in [3.63, 3.8) is 0 Å². The minimum absolute atomic E-state index is 0.0700. The Morgan fingerprint density at radius 2 is 1.81 bits per heavy atom. The molecule has 3 rings (SSSR count). The zero-order chi connectivity index (χ0) is 26.6. The lowest BCUT2D eigenvalue weighted by molar-refractivity contribution is -0.112. The summed E-state index contributed by atoms with van der Waals surface area (Å²) in [4.78, 5) is 12.8. The molecular weight excluding hydrogens is 466 g/mol. The zero-order valence-corrected chi connectivity index (χ0v) is 20.8. The summed E-state index contributed by atoms with van der Waals surface area (Å²) in [7, 11) is 1.56. The molecule has 0 radical (unpaired) electrons. The summed E-state index contributed by atoms with van der Waals surface area (Å²) in [5.41, 5.74) is 3.13. The molecule has 0 aliphatic heterocycles. The summed E-state index contributed by atoms with van der Waals surface area (Å²) in [5.74, 6) is 1.11. The molecule has 3 aromatic rings. The molecule has 0 bridgehead atoms. The fourth-order valence-electron chi connectivity index (χ4n) is 3.59. The zero-order valence-electron chi connectivity index (χ0n) is 20.8. The number of benzene rings is 3. The van der Waals surface area contributed by atoms with Crippen LogP contribution in [0.1, 0.15) is 29.2 Å². The van der Waals surface area contributed by atoms with Gasteiger partial charge in [-0.3, -0.25) is 4.79 Å². The molecule has 0 saturated heterocycles. The van der Waals surface area contributed by atoms with Crippen molar-refractivity contribution in [2.24, 2.45) is 0 Å². The Balaban J connectivity index is 1.93. The molecule has 186 valence electrons. The van der Waals surface area contributed by atoms with E-state index in [-0.39, 0.29) is 12.2 Å². The Kier molecular flexibility index (Phi) is 9.47. The van der Waals surface area contributed by atoms with Crippen LogP contribution in [0.25, 0.3) is 6.08 Å². The van der Waals surface area contributed by atoms with Gasteiger partial charge in [-0.1, -0.05) is 24.3 Å². The van der Waals surface area contributed by atoms with Gasteiger partial charge in [0, 0.05) is 16.8 Å². The fraction of sp³-hybridized carbons (Fsp3) is 0.167. The third-order valence-corrected chi connectivity index (χ3v) is 5.35. The summed E-state index contributed by atoms with van der Waals surface area (Å²) in [6.45, 7) is 6.25. The van der Waals surface area contributed by atoms with Crippen LogP contribution in [0.3, 0.4) is 0 Å². The van der Waals surface area contributed by atoms with Gasteiger partial charge < -0.3 is 19.5 Å². The highest BCUT2D eigenvalue weighted by Crippen LogP contribution is 2.35. The first-order valence-corrected chi connectivity index (χ1v) is 11.6. The third-order valence-electron chi connectivity index (χ3n) is 5.35. The van der Waals surface area contributed by atoms with Crippen LogP contribution < -0.4 is 19.5 Å². The minimum Gasteiger partial charge on any atom is -0.497 e. The first-order valence-electron chi connectivity index (χ1n) is 11.6. The van der Waals surface area contributed by atoms with Crippen molar-refractivity contribution in [1.29, 1.82) is 10.5 Å². The van der Waals surface area contributed by atoms with Gasteiger partial charge in [-0.05, 0) is 67.4 Å². The first-order chi connectivity index (χ1) is 18.0. The number of rotatable bonds is 11.